The van der Waals surface area contributed by atoms with Crippen LogP contribution >= 0.6 is 0 Å². The van der Waals surface area contributed by atoms with Crippen molar-refractivity contribution in [3.8, 4) is 0 Å². The van der Waals surface area contributed by atoms with Crippen LogP contribution in [0.3, 0.4) is 0 Å². The van der Waals surface area contributed by atoms with E-state index < -0.39 is 21.0 Å². The first kappa shape index (κ1) is 14.0. The maximum atomic E-state index is 12.1. The molecule has 1 saturated heterocycles. The van der Waals surface area contributed by atoms with E-state index in [4.69, 9.17) is 5.11 Å². The van der Waals surface area contributed by atoms with Crippen molar-refractivity contribution in [2.75, 3.05) is 20.1 Å². The van der Waals surface area contributed by atoms with Gasteiger partial charge < -0.3 is 10.0 Å². The highest BCUT2D eigenvalue weighted by atomic mass is 32.2. The molecule has 1 unspecified atom stereocenters. The number of rotatable bonds is 4. The van der Waals surface area contributed by atoms with Crippen molar-refractivity contribution >= 4 is 16.0 Å². The molecular formula is C10H16N4O4S. The van der Waals surface area contributed by atoms with Crippen LogP contribution < -0.4 is 4.72 Å². The minimum Gasteiger partial charge on any atom is -0.478 e. The average Bonchev–Trinajstić information content (AvgIpc) is 2.77. The van der Waals surface area contributed by atoms with Crippen LogP contribution in [0.1, 0.15) is 23.2 Å². The molecule has 1 aliphatic rings. The lowest BCUT2D eigenvalue weighted by Gasteiger charge is -2.29. The minimum atomic E-state index is -3.89. The molecule has 9 heteroatoms. The molecule has 8 nitrogen and oxygen atoms in total. The molecule has 1 aromatic rings. The van der Waals surface area contributed by atoms with Crippen molar-refractivity contribution < 1.29 is 18.3 Å². The van der Waals surface area contributed by atoms with Gasteiger partial charge in [0.2, 0.25) is 0 Å². The van der Waals surface area contributed by atoms with E-state index in [9.17, 15) is 13.2 Å². The molecule has 1 aliphatic heterocycles. The highest BCUT2D eigenvalue weighted by Gasteiger charge is 2.28. The lowest BCUT2D eigenvalue weighted by molar-refractivity contribution is 0.0692. The number of likely N-dealkylation sites (tertiary alicyclic amines) is 1. The van der Waals surface area contributed by atoms with Crippen molar-refractivity contribution in [3.63, 3.8) is 0 Å². The van der Waals surface area contributed by atoms with Crippen LogP contribution in [-0.2, 0) is 10.0 Å². The van der Waals surface area contributed by atoms with E-state index in [0.29, 0.717) is 6.54 Å². The second-order valence-electron chi connectivity index (χ2n) is 4.64. The predicted octanol–water partition coefficient (Wildman–Crippen LogP) is -0.520. The van der Waals surface area contributed by atoms with Gasteiger partial charge in [0.05, 0.1) is 6.20 Å². The Kier molecular flexibility index (Phi) is 3.88. The molecule has 0 saturated carbocycles. The molecule has 3 N–H and O–H groups in total. The third-order valence-corrected chi connectivity index (χ3v) is 4.54. The van der Waals surface area contributed by atoms with Gasteiger partial charge in [-0.1, -0.05) is 0 Å². The summed E-state index contributed by atoms with van der Waals surface area (Å²) < 4.78 is 26.8. The summed E-state index contributed by atoms with van der Waals surface area (Å²) in [7, 11) is -1.98. The molecule has 2 rings (SSSR count). The van der Waals surface area contributed by atoms with Crippen LogP contribution in [0.5, 0.6) is 0 Å². The number of carboxylic acids is 1. The monoisotopic (exact) mass is 288 g/mol. The molecule has 0 aromatic carbocycles. The molecule has 0 radical (unpaired) electrons. The fourth-order valence-electron chi connectivity index (χ4n) is 2.17. The Bertz CT molecular complexity index is 568. The van der Waals surface area contributed by atoms with Gasteiger partial charge in [0, 0.05) is 12.6 Å². The summed E-state index contributed by atoms with van der Waals surface area (Å²) >= 11 is 0. The van der Waals surface area contributed by atoms with E-state index in [1.54, 1.807) is 0 Å². The Morgan fingerprint density at radius 2 is 2.37 bits per heavy atom. The van der Waals surface area contributed by atoms with Crippen LogP contribution in [0.2, 0.25) is 0 Å². The van der Waals surface area contributed by atoms with E-state index in [1.165, 1.54) is 0 Å². The molecule has 0 amide bonds. The highest BCUT2D eigenvalue weighted by molar-refractivity contribution is 7.89. The van der Waals surface area contributed by atoms with Crippen molar-refractivity contribution in [1.29, 1.82) is 0 Å². The molecule has 0 spiro atoms. The fraction of sp³-hybridized carbons (Fsp3) is 0.600. The number of piperidine rings is 1. The predicted molar refractivity (Wildman–Crippen MR) is 66.4 cm³/mol. The summed E-state index contributed by atoms with van der Waals surface area (Å²) in [5.74, 6) is -1.32. The van der Waals surface area contributed by atoms with Gasteiger partial charge in [-0.15, -0.1) is 0 Å². The number of carbonyl (C=O) groups is 1. The van der Waals surface area contributed by atoms with Gasteiger partial charge in [-0.2, -0.15) is 5.10 Å². The van der Waals surface area contributed by atoms with Gasteiger partial charge in [0.25, 0.3) is 10.0 Å². The third kappa shape index (κ3) is 3.11. The highest BCUT2D eigenvalue weighted by Crippen LogP contribution is 2.15. The Hall–Kier alpha value is -1.45. The smallest absolute Gasteiger partial charge is 0.340 e. The summed E-state index contributed by atoms with van der Waals surface area (Å²) in [5.41, 5.74) is -0.350. The number of nitrogens with one attached hydrogen (secondary N) is 2. The topological polar surface area (TPSA) is 115 Å². The fourth-order valence-corrected chi connectivity index (χ4v) is 3.52. The summed E-state index contributed by atoms with van der Waals surface area (Å²) in [6.07, 6.45) is 2.63. The number of likely N-dealkylation sites (N-methyl/N-ethyl adjacent to an activating group) is 1. The summed E-state index contributed by atoms with van der Waals surface area (Å²) in [6, 6.07) is -0.214. The van der Waals surface area contributed by atoms with Gasteiger partial charge in [-0.3, -0.25) is 5.10 Å². The zero-order chi connectivity index (χ0) is 14.0. The Morgan fingerprint density at radius 1 is 1.63 bits per heavy atom. The van der Waals surface area contributed by atoms with Gasteiger partial charge in [-0.25, -0.2) is 17.9 Å². The summed E-state index contributed by atoms with van der Waals surface area (Å²) in [5, 5.41) is 14.2. The van der Waals surface area contributed by atoms with Crippen LogP contribution in [0.4, 0.5) is 0 Å². The van der Waals surface area contributed by atoms with Crippen LogP contribution in [0, 0.1) is 0 Å². The van der Waals surface area contributed by atoms with Gasteiger partial charge >= 0.3 is 5.97 Å². The minimum absolute atomic E-state index is 0.214. The maximum Gasteiger partial charge on any atom is 0.340 e. The first-order valence-corrected chi connectivity index (χ1v) is 7.36. The van der Waals surface area contributed by atoms with Crippen molar-refractivity contribution in [2.24, 2.45) is 0 Å². The zero-order valence-electron chi connectivity index (χ0n) is 10.5. The van der Waals surface area contributed by atoms with Crippen molar-refractivity contribution in [2.45, 2.75) is 23.9 Å². The lowest BCUT2D eigenvalue weighted by Crippen LogP contribution is -2.46. The van der Waals surface area contributed by atoms with E-state index in [0.717, 1.165) is 25.6 Å². The number of H-pyrrole nitrogens is 1. The summed E-state index contributed by atoms with van der Waals surface area (Å²) in [6.45, 7) is 1.54. The van der Waals surface area contributed by atoms with Crippen LogP contribution in [0.15, 0.2) is 11.2 Å². The molecular weight excluding hydrogens is 272 g/mol. The zero-order valence-corrected chi connectivity index (χ0v) is 11.3. The van der Waals surface area contributed by atoms with Crippen LogP contribution in [0.25, 0.3) is 0 Å². The van der Waals surface area contributed by atoms with E-state index in [-0.39, 0.29) is 11.6 Å². The molecule has 106 valence electrons. The van der Waals surface area contributed by atoms with Crippen molar-refractivity contribution in [3.05, 3.63) is 11.8 Å². The van der Waals surface area contributed by atoms with E-state index in [1.807, 2.05) is 11.9 Å². The number of nitrogens with zero attached hydrogens (tertiary/aromatic N) is 2. The lowest BCUT2D eigenvalue weighted by atomic mass is 10.1. The van der Waals surface area contributed by atoms with Gasteiger partial charge in [0.15, 0.2) is 5.03 Å². The van der Waals surface area contributed by atoms with Gasteiger partial charge in [0.1, 0.15) is 5.56 Å². The molecule has 19 heavy (non-hydrogen) atoms. The van der Waals surface area contributed by atoms with Crippen molar-refractivity contribution in [1.82, 2.24) is 19.8 Å². The average molecular weight is 288 g/mol. The second-order valence-corrected chi connectivity index (χ2v) is 6.29. The number of hydrogen-bond acceptors (Lipinski definition) is 5. The number of carboxylic acid groups (broad SMARTS) is 1. The normalized spacial score (nSPS) is 21.4. The molecule has 0 aliphatic carbocycles. The Balaban J connectivity index is 2.18. The third-order valence-electron chi connectivity index (χ3n) is 3.05. The second kappa shape index (κ2) is 5.27. The molecule has 1 fully saturated rings. The summed E-state index contributed by atoms with van der Waals surface area (Å²) in [4.78, 5) is 12.9. The quantitative estimate of drug-likeness (QED) is 0.686. The molecule has 1 aromatic heterocycles. The molecule has 2 heterocycles. The number of aromatic amines is 1. The number of hydrogen-bond donors (Lipinski definition) is 3. The number of aromatic carboxylic acids is 1. The van der Waals surface area contributed by atoms with Crippen LogP contribution in [-0.4, -0.2) is 60.8 Å². The van der Waals surface area contributed by atoms with Gasteiger partial charge in [-0.05, 0) is 26.4 Å². The molecule has 1 atom stereocenters. The largest absolute Gasteiger partial charge is 0.478 e. The SMILES string of the molecule is CN1CCCC(NS(=O)(=O)c2[nH]ncc2C(=O)O)C1. The first-order valence-electron chi connectivity index (χ1n) is 5.87. The van der Waals surface area contributed by atoms with E-state index >= 15 is 0 Å². The Labute approximate surface area is 110 Å². The Morgan fingerprint density at radius 3 is 3.00 bits per heavy atom. The van der Waals surface area contributed by atoms with E-state index in [2.05, 4.69) is 14.9 Å². The standard InChI is InChI=1S/C10H16N4O4S/c1-14-4-2-3-7(6-14)13-19(17,18)9-8(10(15)16)5-11-12-9/h5,7,13H,2-4,6H2,1H3,(H,11,12)(H,15,16). The first-order chi connectivity index (χ1) is 8.90. The maximum absolute atomic E-state index is 12.1. The number of sulfonamides is 1. The molecule has 0 bridgehead atoms. The number of aromatic nitrogens is 2.